The Balaban J connectivity index is 2.29. The number of nitrogens with one attached hydrogen (secondary N) is 1. The van der Waals surface area contributed by atoms with E-state index >= 15 is 0 Å². The van der Waals surface area contributed by atoms with Crippen molar-refractivity contribution in [2.75, 3.05) is 6.54 Å². The van der Waals surface area contributed by atoms with Crippen LogP contribution >= 0.6 is 15.9 Å². The molecule has 1 heterocycles. The molecule has 0 radical (unpaired) electrons. The van der Waals surface area contributed by atoms with Gasteiger partial charge in [0, 0.05) is 22.8 Å². The molecule has 0 atom stereocenters. The van der Waals surface area contributed by atoms with Gasteiger partial charge in [0.05, 0.1) is 5.69 Å². The lowest BCUT2D eigenvalue weighted by atomic mass is 10.1. The fourth-order valence-electron chi connectivity index (χ4n) is 1.62. The summed E-state index contributed by atoms with van der Waals surface area (Å²) in [6, 6.07) is 8.11. The van der Waals surface area contributed by atoms with Crippen LogP contribution in [0.25, 0.3) is 11.4 Å². The molecule has 1 aromatic heterocycles. The topological polar surface area (TPSA) is 37.8 Å². The second kappa shape index (κ2) is 6.07. The molecule has 0 aliphatic heterocycles. The molecular formula is C14H16BrN3. The van der Waals surface area contributed by atoms with Crippen molar-refractivity contribution in [3.63, 3.8) is 0 Å². The van der Waals surface area contributed by atoms with Crippen LogP contribution in [-0.4, -0.2) is 16.5 Å². The molecule has 0 spiro atoms. The van der Waals surface area contributed by atoms with E-state index in [0.717, 1.165) is 34.6 Å². The number of rotatable bonds is 4. The van der Waals surface area contributed by atoms with Crippen LogP contribution in [0.3, 0.4) is 0 Å². The molecule has 2 aromatic rings. The van der Waals surface area contributed by atoms with Crippen LogP contribution in [-0.2, 0) is 6.54 Å². The maximum Gasteiger partial charge on any atom is 0.159 e. The summed E-state index contributed by atoms with van der Waals surface area (Å²) in [7, 11) is 0. The molecule has 0 fully saturated rings. The van der Waals surface area contributed by atoms with E-state index in [4.69, 9.17) is 0 Å². The molecule has 94 valence electrons. The maximum absolute atomic E-state index is 4.56. The lowest BCUT2D eigenvalue weighted by Crippen LogP contribution is -2.13. The summed E-state index contributed by atoms with van der Waals surface area (Å²) in [5.41, 5.74) is 3.26. The molecule has 3 nitrogen and oxygen atoms in total. The van der Waals surface area contributed by atoms with Gasteiger partial charge >= 0.3 is 0 Å². The number of aryl methyl sites for hydroxylation is 1. The van der Waals surface area contributed by atoms with Crippen molar-refractivity contribution in [2.24, 2.45) is 0 Å². The van der Waals surface area contributed by atoms with E-state index in [0.29, 0.717) is 0 Å². The van der Waals surface area contributed by atoms with E-state index in [1.54, 1.807) is 0 Å². The largest absolute Gasteiger partial charge is 0.311 e. The van der Waals surface area contributed by atoms with Crippen LogP contribution in [0, 0.1) is 6.92 Å². The lowest BCUT2D eigenvalue weighted by molar-refractivity contribution is 0.709. The Kier molecular flexibility index (Phi) is 4.44. The number of nitrogens with zero attached hydrogens (tertiary/aromatic N) is 2. The van der Waals surface area contributed by atoms with Crippen molar-refractivity contribution in [3.05, 3.63) is 46.2 Å². The van der Waals surface area contributed by atoms with Gasteiger partial charge in [0.25, 0.3) is 0 Å². The number of aromatic nitrogens is 2. The second-order valence-corrected chi connectivity index (χ2v) is 4.97. The molecule has 0 unspecified atom stereocenters. The van der Waals surface area contributed by atoms with E-state index in [9.17, 15) is 0 Å². The van der Waals surface area contributed by atoms with E-state index < -0.39 is 0 Å². The average molecular weight is 306 g/mol. The summed E-state index contributed by atoms with van der Waals surface area (Å²) < 4.78 is 1.08. The van der Waals surface area contributed by atoms with Crippen LogP contribution in [0.4, 0.5) is 0 Å². The predicted molar refractivity (Wildman–Crippen MR) is 77.3 cm³/mol. The predicted octanol–water partition coefficient (Wildman–Crippen LogP) is 3.32. The quantitative estimate of drug-likeness (QED) is 0.941. The Morgan fingerprint density at radius 1 is 1.28 bits per heavy atom. The third-order valence-electron chi connectivity index (χ3n) is 2.70. The highest BCUT2D eigenvalue weighted by Crippen LogP contribution is 2.23. The minimum Gasteiger partial charge on any atom is -0.311 e. The maximum atomic E-state index is 4.56. The molecule has 2 rings (SSSR count). The summed E-state index contributed by atoms with van der Waals surface area (Å²) in [6.07, 6.45) is 1.81. The van der Waals surface area contributed by atoms with Gasteiger partial charge in [0.15, 0.2) is 5.82 Å². The van der Waals surface area contributed by atoms with Gasteiger partial charge in [0.2, 0.25) is 0 Å². The van der Waals surface area contributed by atoms with Gasteiger partial charge in [-0.05, 0) is 31.2 Å². The Bertz CT molecular complexity index is 540. The summed E-state index contributed by atoms with van der Waals surface area (Å²) in [4.78, 5) is 8.89. The third-order valence-corrected chi connectivity index (χ3v) is 3.55. The van der Waals surface area contributed by atoms with Crippen LogP contribution in [0.1, 0.15) is 18.2 Å². The van der Waals surface area contributed by atoms with Crippen LogP contribution in [0.5, 0.6) is 0 Å². The second-order valence-electron chi connectivity index (χ2n) is 4.12. The fraction of sp³-hybridized carbons (Fsp3) is 0.286. The van der Waals surface area contributed by atoms with Gasteiger partial charge < -0.3 is 5.32 Å². The van der Waals surface area contributed by atoms with E-state index in [2.05, 4.69) is 57.2 Å². The number of benzene rings is 1. The Morgan fingerprint density at radius 3 is 2.83 bits per heavy atom. The van der Waals surface area contributed by atoms with Crippen molar-refractivity contribution in [3.8, 4) is 11.4 Å². The van der Waals surface area contributed by atoms with Crippen molar-refractivity contribution >= 4 is 15.9 Å². The Morgan fingerprint density at radius 2 is 2.11 bits per heavy atom. The molecule has 0 saturated carbocycles. The Labute approximate surface area is 116 Å². The normalized spacial score (nSPS) is 10.6. The SMILES string of the molecule is CCNCc1ccnc(-c2ccc(C)c(Br)c2)n1. The minimum absolute atomic E-state index is 0.770. The first-order valence-corrected chi connectivity index (χ1v) is 6.79. The summed E-state index contributed by atoms with van der Waals surface area (Å²) >= 11 is 3.54. The van der Waals surface area contributed by atoms with Crippen molar-refractivity contribution in [1.82, 2.24) is 15.3 Å². The minimum atomic E-state index is 0.770. The van der Waals surface area contributed by atoms with Gasteiger partial charge in [-0.3, -0.25) is 0 Å². The standard InChI is InChI=1S/C14H16BrN3/c1-3-16-9-12-6-7-17-14(18-12)11-5-4-10(2)13(15)8-11/h4-8,16H,3,9H2,1-2H3. The first-order chi connectivity index (χ1) is 8.70. The number of hydrogen-bond donors (Lipinski definition) is 1. The van der Waals surface area contributed by atoms with Gasteiger partial charge in [-0.2, -0.15) is 0 Å². The molecule has 0 saturated heterocycles. The van der Waals surface area contributed by atoms with E-state index in [1.807, 2.05) is 18.3 Å². The van der Waals surface area contributed by atoms with Crippen LogP contribution in [0.2, 0.25) is 0 Å². The average Bonchev–Trinajstić information content (AvgIpc) is 2.40. The molecule has 1 N–H and O–H groups in total. The molecule has 4 heteroatoms. The summed E-state index contributed by atoms with van der Waals surface area (Å²) in [5, 5.41) is 3.26. The third kappa shape index (κ3) is 3.15. The molecule has 1 aromatic carbocycles. The molecule has 0 aliphatic carbocycles. The monoisotopic (exact) mass is 305 g/mol. The van der Waals surface area contributed by atoms with E-state index in [1.165, 1.54) is 5.56 Å². The van der Waals surface area contributed by atoms with E-state index in [-0.39, 0.29) is 0 Å². The highest BCUT2D eigenvalue weighted by Gasteiger charge is 2.04. The summed E-state index contributed by atoms with van der Waals surface area (Å²) in [6.45, 7) is 5.87. The zero-order valence-electron chi connectivity index (χ0n) is 10.6. The van der Waals surface area contributed by atoms with Gasteiger partial charge in [-0.25, -0.2) is 9.97 Å². The molecule has 0 bridgehead atoms. The Hall–Kier alpha value is -1.26. The van der Waals surface area contributed by atoms with Gasteiger partial charge in [-0.15, -0.1) is 0 Å². The first-order valence-electron chi connectivity index (χ1n) is 6.00. The zero-order valence-corrected chi connectivity index (χ0v) is 12.2. The number of halogens is 1. The van der Waals surface area contributed by atoms with Crippen LogP contribution in [0.15, 0.2) is 34.9 Å². The summed E-state index contributed by atoms with van der Waals surface area (Å²) in [5.74, 6) is 0.770. The van der Waals surface area contributed by atoms with Crippen molar-refractivity contribution in [2.45, 2.75) is 20.4 Å². The molecular weight excluding hydrogens is 290 g/mol. The number of hydrogen-bond acceptors (Lipinski definition) is 3. The molecule has 0 aliphatic rings. The van der Waals surface area contributed by atoms with Crippen LogP contribution < -0.4 is 5.32 Å². The highest BCUT2D eigenvalue weighted by molar-refractivity contribution is 9.10. The lowest BCUT2D eigenvalue weighted by Gasteiger charge is -2.06. The van der Waals surface area contributed by atoms with Gasteiger partial charge in [0.1, 0.15) is 0 Å². The first kappa shape index (κ1) is 13.2. The molecule has 18 heavy (non-hydrogen) atoms. The van der Waals surface area contributed by atoms with Crippen molar-refractivity contribution in [1.29, 1.82) is 0 Å². The fourth-order valence-corrected chi connectivity index (χ4v) is 2.00. The zero-order chi connectivity index (χ0) is 13.0. The highest BCUT2D eigenvalue weighted by atomic mass is 79.9. The smallest absolute Gasteiger partial charge is 0.159 e. The van der Waals surface area contributed by atoms with Crippen molar-refractivity contribution < 1.29 is 0 Å². The van der Waals surface area contributed by atoms with Gasteiger partial charge in [-0.1, -0.05) is 35.0 Å². The molecule has 0 amide bonds.